The predicted octanol–water partition coefficient (Wildman–Crippen LogP) is 1.92. The molecule has 1 saturated heterocycles. The highest BCUT2D eigenvalue weighted by molar-refractivity contribution is 9.10. The Balaban J connectivity index is 2.08. The van der Waals surface area contributed by atoms with E-state index in [9.17, 15) is 10.1 Å². The molecule has 0 spiro atoms. The molecule has 1 fully saturated rings. The van der Waals surface area contributed by atoms with Crippen LogP contribution in [0.5, 0.6) is 0 Å². The van der Waals surface area contributed by atoms with E-state index in [1.54, 1.807) is 0 Å². The fourth-order valence-electron chi connectivity index (χ4n) is 1.79. The van der Waals surface area contributed by atoms with E-state index in [1.165, 1.54) is 12.3 Å². The Morgan fingerprint density at radius 3 is 2.82 bits per heavy atom. The summed E-state index contributed by atoms with van der Waals surface area (Å²) in [5.41, 5.74) is -0.00673. The van der Waals surface area contributed by atoms with Crippen molar-refractivity contribution in [1.82, 2.24) is 10.3 Å². The molecule has 0 bridgehead atoms. The molecule has 6 nitrogen and oxygen atoms in total. The predicted molar refractivity (Wildman–Crippen MR) is 68.1 cm³/mol. The third kappa shape index (κ3) is 3.13. The van der Waals surface area contributed by atoms with Crippen molar-refractivity contribution in [3.63, 3.8) is 0 Å². The topological polar surface area (TPSA) is 80.1 Å². The monoisotopic (exact) mass is 300 g/mol. The number of nitro groups is 1. The SMILES string of the molecule is O=[N+]([O-])c1cnc(NC2CCNCC2)c(Br)c1. The van der Waals surface area contributed by atoms with Crippen molar-refractivity contribution in [2.24, 2.45) is 0 Å². The molecule has 0 saturated carbocycles. The summed E-state index contributed by atoms with van der Waals surface area (Å²) in [6.45, 7) is 1.98. The van der Waals surface area contributed by atoms with Crippen molar-refractivity contribution in [1.29, 1.82) is 0 Å². The van der Waals surface area contributed by atoms with Gasteiger partial charge in [0.15, 0.2) is 0 Å². The van der Waals surface area contributed by atoms with Gasteiger partial charge in [-0.05, 0) is 41.9 Å². The Labute approximate surface area is 107 Å². The van der Waals surface area contributed by atoms with Gasteiger partial charge in [0.25, 0.3) is 5.69 Å². The summed E-state index contributed by atoms with van der Waals surface area (Å²) in [6, 6.07) is 1.85. The zero-order valence-corrected chi connectivity index (χ0v) is 10.7. The molecular formula is C10H13BrN4O2. The van der Waals surface area contributed by atoms with E-state index in [2.05, 4.69) is 31.5 Å². The minimum Gasteiger partial charge on any atom is -0.366 e. The minimum atomic E-state index is -0.452. The van der Waals surface area contributed by atoms with E-state index in [-0.39, 0.29) is 5.69 Å². The van der Waals surface area contributed by atoms with E-state index >= 15 is 0 Å². The molecule has 1 aromatic heterocycles. The summed E-state index contributed by atoms with van der Waals surface area (Å²) in [5.74, 6) is 0.669. The maximum absolute atomic E-state index is 10.6. The van der Waals surface area contributed by atoms with Crippen LogP contribution in [-0.4, -0.2) is 29.0 Å². The number of pyridine rings is 1. The van der Waals surface area contributed by atoms with Crippen molar-refractivity contribution < 1.29 is 4.92 Å². The minimum absolute atomic E-state index is 0.00673. The van der Waals surface area contributed by atoms with Gasteiger partial charge in [0, 0.05) is 12.1 Å². The molecule has 2 rings (SSSR count). The average molecular weight is 301 g/mol. The van der Waals surface area contributed by atoms with E-state index in [1.807, 2.05) is 0 Å². The summed E-state index contributed by atoms with van der Waals surface area (Å²) in [5, 5.41) is 17.1. The fourth-order valence-corrected chi connectivity index (χ4v) is 2.24. The second-order valence-electron chi connectivity index (χ2n) is 3.95. The highest BCUT2D eigenvalue weighted by Crippen LogP contribution is 2.25. The van der Waals surface area contributed by atoms with Crippen LogP contribution < -0.4 is 10.6 Å². The molecule has 1 aliphatic heterocycles. The number of rotatable bonds is 3. The van der Waals surface area contributed by atoms with Crippen molar-refractivity contribution in [3.05, 3.63) is 26.9 Å². The fraction of sp³-hybridized carbons (Fsp3) is 0.500. The molecule has 0 amide bonds. The third-order valence-electron chi connectivity index (χ3n) is 2.72. The molecule has 0 atom stereocenters. The normalized spacial score (nSPS) is 16.8. The number of hydrogen-bond donors (Lipinski definition) is 2. The molecule has 1 aliphatic rings. The molecule has 0 radical (unpaired) electrons. The largest absolute Gasteiger partial charge is 0.366 e. The van der Waals surface area contributed by atoms with Crippen LogP contribution in [0.1, 0.15) is 12.8 Å². The zero-order chi connectivity index (χ0) is 12.3. The number of anilines is 1. The van der Waals surface area contributed by atoms with Gasteiger partial charge in [-0.3, -0.25) is 10.1 Å². The maximum Gasteiger partial charge on any atom is 0.288 e. The Bertz CT molecular complexity index is 421. The molecule has 0 aromatic carbocycles. The van der Waals surface area contributed by atoms with Crippen molar-refractivity contribution in [2.75, 3.05) is 18.4 Å². The second-order valence-corrected chi connectivity index (χ2v) is 4.80. The molecule has 1 aromatic rings. The van der Waals surface area contributed by atoms with Crippen molar-refractivity contribution >= 4 is 27.4 Å². The Morgan fingerprint density at radius 1 is 1.53 bits per heavy atom. The molecule has 2 N–H and O–H groups in total. The first-order valence-electron chi connectivity index (χ1n) is 5.44. The number of hydrogen-bond acceptors (Lipinski definition) is 5. The number of aromatic nitrogens is 1. The van der Waals surface area contributed by atoms with Crippen LogP contribution in [0.25, 0.3) is 0 Å². The van der Waals surface area contributed by atoms with Gasteiger partial charge in [-0.2, -0.15) is 0 Å². The first-order valence-corrected chi connectivity index (χ1v) is 6.23. The van der Waals surface area contributed by atoms with Gasteiger partial charge in [-0.25, -0.2) is 4.98 Å². The lowest BCUT2D eigenvalue weighted by Crippen LogP contribution is -2.35. The van der Waals surface area contributed by atoms with Crippen LogP contribution in [0, 0.1) is 10.1 Å². The van der Waals surface area contributed by atoms with Gasteiger partial charge in [-0.15, -0.1) is 0 Å². The molecule has 92 valence electrons. The summed E-state index contributed by atoms with van der Waals surface area (Å²) in [4.78, 5) is 14.2. The van der Waals surface area contributed by atoms with Crippen molar-refractivity contribution in [3.8, 4) is 0 Å². The van der Waals surface area contributed by atoms with Gasteiger partial charge in [0.2, 0.25) is 0 Å². The van der Waals surface area contributed by atoms with Gasteiger partial charge in [0.1, 0.15) is 12.0 Å². The van der Waals surface area contributed by atoms with Gasteiger partial charge >= 0.3 is 0 Å². The molecule has 7 heteroatoms. The summed E-state index contributed by atoms with van der Waals surface area (Å²) in [6.07, 6.45) is 3.34. The Morgan fingerprint density at radius 2 is 2.24 bits per heavy atom. The standard InChI is InChI=1S/C10H13BrN4O2/c11-9-5-8(15(16)17)6-13-10(9)14-7-1-3-12-4-2-7/h5-7,12H,1-4H2,(H,13,14). The van der Waals surface area contributed by atoms with Gasteiger partial charge in [-0.1, -0.05) is 0 Å². The first-order chi connectivity index (χ1) is 8.16. The van der Waals surface area contributed by atoms with Crippen molar-refractivity contribution in [2.45, 2.75) is 18.9 Å². The molecule has 0 aliphatic carbocycles. The molecule has 0 unspecified atom stereocenters. The Kier molecular flexibility index (Phi) is 3.90. The van der Waals surface area contributed by atoms with Crippen LogP contribution in [0.3, 0.4) is 0 Å². The lowest BCUT2D eigenvalue weighted by molar-refractivity contribution is -0.385. The van der Waals surface area contributed by atoms with Crippen LogP contribution in [0.2, 0.25) is 0 Å². The van der Waals surface area contributed by atoms with E-state index in [0.717, 1.165) is 25.9 Å². The summed E-state index contributed by atoms with van der Waals surface area (Å²) < 4.78 is 0.630. The van der Waals surface area contributed by atoms with Crippen LogP contribution in [0.15, 0.2) is 16.7 Å². The van der Waals surface area contributed by atoms with Gasteiger partial charge < -0.3 is 10.6 Å². The quantitative estimate of drug-likeness (QED) is 0.658. The average Bonchev–Trinajstić information content (AvgIpc) is 2.33. The third-order valence-corrected chi connectivity index (χ3v) is 3.32. The number of nitrogens with one attached hydrogen (secondary N) is 2. The lowest BCUT2D eigenvalue weighted by Gasteiger charge is -2.24. The highest BCUT2D eigenvalue weighted by Gasteiger charge is 2.16. The zero-order valence-electron chi connectivity index (χ0n) is 9.15. The number of nitrogens with zero attached hydrogens (tertiary/aromatic N) is 2. The van der Waals surface area contributed by atoms with Crippen LogP contribution in [-0.2, 0) is 0 Å². The highest BCUT2D eigenvalue weighted by atomic mass is 79.9. The van der Waals surface area contributed by atoms with E-state index in [0.29, 0.717) is 16.3 Å². The molecule has 2 heterocycles. The number of piperidine rings is 1. The van der Waals surface area contributed by atoms with Crippen LogP contribution >= 0.6 is 15.9 Å². The Hall–Kier alpha value is -1.21. The lowest BCUT2D eigenvalue weighted by atomic mass is 10.1. The molecular weight excluding hydrogens is 288 g/mol. The van der Waals surface area contributed by atoms with Crippen LogP contribution in [0.4, 0.5) is 11.5 Å². The van der Waals surface area contributed by atoms with Gasteiger partial charge in [0.05, 0.1) is 9.40 Å². The maximum atomic E-state index is 10.6. The number of halogens is 1. The van der Waals surface area contributed by atoms with E-state index < -0.39 is 4.92 Å². The molecule has 17 heavy (non-hydrogen) atoms. The summed E-state index contributed by atoms with van der Waals surface area (Å²) in [7, 11) is 0. The van der Waals surface area contributed by atoms with E-state index in [4.69, 9.17) is 0 Å². The second kappa shape index (κ2) is 5.42. The first kappa shape index (κ1) is 12.3. The smallest absolute Gasteiger partial charge is 0.288 e. The summed E-state index contributed by atoms with van der Waals surface area (Å²) >= 11 is 3.30.